The Labute approximate surface area is 173 Å². The molecule has 0 saturated carbocycles. The van der Waals surface area contributed by atoms with E-state index in [2.05, 4.69) is 122 Å². The van der Waals surface area contributed by atoms with Gasteiger partial charge >= 0.3 is 0 Å². The maximum atomic E-state index is 3.16. The monoisotopic (exact) mass is 374 g/mol. The van der Waals surface area contributed by atoms with Gasteiger partial charge in [0.05, 0.1) is 0 Å². The Balaban J connectivity index is 1.78. The number of rotatable bonds is 3. The summed E-state index contributed by atoms with van der Waals surface area (Å²) in [4.78, 5) is 0. The Hall–Kier alpha value is -3.63. The second-order valence-electron chi connectivity index (χ2n) is 7.38. The fourth-order valence-electron chi connectivity index (χ4n) is 3.67. The van der Waals surface area contributed by atoms with E-state index in [0.717, 1.165) is 5.56 Å². The van der Waals surface area contributed by atoms with Gasteiger partial charge in [-0.1, -0.05) is 48.4 Å². The number of aryl methyl sites for hydroxylation is 2. The highest BCUT2D eigenvalue weighted by Crippen LogP contribution is 2.31. The van der Waals surface area contributed by atoms with Crippen LogP contribution in [0, 0.1) is 18.8 Å². The summed E-state index contributed by atoms with van der Waals surface area (Å²) >= 11 is 0. The Morgan fingerprint density at radius 3 is 1.93 bits per heavy atom. The molecule has 0 aliphatic rings. The first-order valence-electron chi connectivity index (χ1n) is 9.83. The molecule has 0 amide bonds. The number of hydrogen-bond acceptors (Lipinski definition) is 0. The summed E-state index contributed by atoms with van der Waals surface area (Å²) in [6, 6.07) is 28.2. The Kier molecular flexibility index (Phi) is 5.27. The van der Waals surface area contributed by atoms with Gasteiger partial charge in [-0.25, -0.2) is 4.57 Å². The Morgan fingerprint density at radius 2 is 1.24 bits per heavy atom. The molecule has 1 heteroatoms. The molecule has 29 heavy (non-hydrogen) atoms. The van der Waals surface area contributed by atoms with E-state index in [4.69, 9.17) is 0 Å². The zero-order valence-corrected chi connectivity index (χ0v) is 17.1. The minimum absolute atomic E-state index is 1.05. The van der Waals surface area contributed by atoms with Gasteiger partial charge in [0.1, 0.15) is 7.05 Å². The van der Waals surface area contributed by atoms with Crippen molar-refractivity contribution in [3.8, 4) is 45.2 Å². The van der Waals surface area contributed by atoms with Crippen molar-refractivity contribution in [1.29, 1.82) is 0 Å². The van der Waals surface area contributed by atoms with E-state index >= 15 is 0 Å². The van der Waals surface area contributed by atoms with Gasteiger partial charge in [0, 0.05) is 17.2 Å². The first-order valence-corrected chi connectivity index (χ1v) is 9.83. The molecule has 0 unspecified atom stereocenters. The number of pyridine rings is 1. The number of benzene rings is 3. The van der Waals surface area contributed by atoms with Crippen LogP contribution >= 0.6 is 0 Å². The highest BCUT2D eigenvalue weighted by atomic mass is 14.9. The lowest BCUT2D eigenvalue weighted by molar-refractivity contribution is -0.671. The van der Waals surface area contributed by atoms with Crippen LogP contribution in [0.4, 0.5) is 0 Å². The average molecular weight is 375 g/mol. The highest BCUT2D eigenvalue weighted by molar-refractivity contribution is 5.77. The molecule has 0 saturated heterocycles. The molecule has 0 aliphatic carbocycles. The average Bonchev–Trinajstić information content (AvgIpc) is 2.74. The molecule has 0 bridgehead atoms. The molecule has 0 spiro atoms. The van der Waals surface area contributed by atoms with Crippen molar-refractivity contribution >= 4 is 0 Å². The van der Waals surface area contributed by atoms with Crippen LogP contribution in [0.2, 0.25) is 0 Å². The van der Waals surface area contributed by atoms with E-state index in [1.807, 2.05) is 6.92 Å². The third kappa shape index (κ3) is 4.28. The van der Waals surface area contributed by atoms with E-state index in [1.54, 1.807) is 0 Å². The summed E-state index contributed by atoms with van der Waals surface area (Å²) in [5, 5.41) is 0. The number of nitrogens with zero attached hydrogens (tertiary/aromatic N) is 1. The fraction of sp³-hybridized carbons (Fsp3) is 0.107. The minimum atomic E-state index is 1.05. The zero-order valence-electron chi connectivity index (χ0n) is 17.1. The molecular weight excluding hydrogens is 350 g/mol. The second kappa shape index (κ2) is 8.17. The van der Waals surface area contributed by atoms with Crippen molar-refractivity contribution < 1.29 is 4.57 Å². The van der Waals surface area contributed by atoms with E-state index < -0.39 is 0 Å². The predicted octanol–water partition coefficient (Wildman–Crippen LogP) is 6.19. The van der Waals surface area contributed by atoms with Gasteiger partial charge in [0.15, 0.2) is 12.4 Å². The van der Waals surface area contributed by atoms with E-state index in [9.17, 15) is 0 Å². The molecule has 0 N–H and O–H groups in total. The first-order chi connectivity index (χ1) is 14.1. The molecule has 4 aromatic rings. The van der Waals surface area contributed by atoms with E-state index in [1.165, 1.54) is 38.9 Å². The summed E-state index contributed by atoms with van der Waals surface area (Å²) in [5.41, 5.74) is 9.61. The third-order valence-electron chi connectivity index (χ3n) is 5.01. The lowest BCUT2D eigenvalue weighted by Crippen LogP contribution is -2.26. The second-order valence-corrected chi connectivity index (χ2v) is 7.38. The Morgan fingerprint density at radius 1 is 0.655 bits per heavy atom. The van der Waals surface area contributed by atoms with Crippen molar-refractivity contribution in [3.63, 3.8) is 0 Å². The summed E-state index contributed by atoms with van der Waals surface area (Å²) < 4.78 is 2.08. The van der Waals surface area contributed by atoms with Gasteiger partial charge in [0.2, 0.25) is 0 Å². The summed E-state index contributed by atoms with van der Waals surface area (Å²) in [7, 11) is 2.05. The van der Waals surface area contributed by atoms with Crippen LogP contribution < -0.4 is 4.57 Å². The largest absolute Gasteiger partial charge is 0.207 e. The normalized spacial score (nSPS) is 10.3. The molecule has 4 rings (SSSR count). The molecule has 0 fully saturated rings. The summed E-state index contributed by atoms with van der Waals surface area (Å²) in [6.07, 6.45) is 4.21. The van der Waals surface area contributed by atoms with Crippen LogP contribution in [-0.2, 0) is 7.05 Å². The first kappa shape index (κ1) is 18.7. The SMILES string of the molecule is CC#Cc1cccc(-c2cc(C)cc(-c3cccc(-c4ccc[n+](C)c4)c3)c2)c1. The van der Waals surface area contributed by atoms with Crippen molar-refractivity contribution in [1.82, 2.24) is 0 Å². The van der Waals surface area contributed by atoms with Crippen LogP contribution in [-0.4, -0.2) is 0 Å². The van der Waals surface area contributed by atoms with Gasteiger partial charge < -0.3 is 0 Å². The molecule has 1 heterocycles. The third-order valence-corrected chi connectivity index (χ3v) is 5.01. The maximum Gasteiger partial charge on any atom is 0.176 e. The van der Waals surface area contributed by atoms with Crippen LogP contribution in [0.3, 0.4) is 0 Å². The molecule has 0 aliphatic heterocycles. The lowest BCUT2D eigenvalue weighted by atomic mass is 9.94. The molecule has 3 aromatic carbocycles. The molecule has 1 aromatic heterocycles. The smallest absolute Gasteiger partial charge is 0.176 e. The van der Waals surface area contributed by atoms with Crippen LogP contribution in [0.5, 0.6) is 0 Å². The van der Waals surface area contributed by atoms with Gasteiger partial charge in [-0.3, -0.25) is 0 Å². The van der Waals surface area contributed by atoms with Crippen LogP contribution in [0.15, 0.2) is 91.3 Å². The minimum Gasteiger partial charge on any atom is -0.207 e. The van der Waals surface area contributed by atoms with Crippen molar-refractivity contribution in [3.05, 3.63) is 102 Å². The van der Waals surface area contributed by atoms with Crippen molar-refractivity contribution in [2.24, 2.45) is 7.05 Å². The van der Waals surface area contributed by atoms with Gasteiger partial charge in [-0.05, 0) is 77.6 Å². The standard InChI is InChI=1S/C28H24N/c1-4-8-22-9-5-10-23(17-22)27-15-21(2)16-28(19-27)25-12-6-11-24(18-25)26-13-7-14-29(3)20-26/h5-7,9-20H,1-3H3/q+1. The molecule has 1 nitrogen and oxygen atoms in total. The lowest BCUT2D eigenvalue weighted by Gasteiger charge is -2.10. The molecule has 0 atom stereocenters. The molecule has 140 valence electrons. The number of hydrogen-bond donors (Lipinski definition) is 0. The van der Waals surface area contributed by atoms with Gasteiger partial charge in [0.25, 0.3) is 0 Å². The van der Waals surface area contributed by atoms with Crippen molar-refractivity contribution in [2.75, 3.05) is 0 Å². The van der Waals surface area contributed by atoms with Gasteiger partial charge in [-0.2, -0.15) is 0 Å². The van der Waals surface area contributed by atoms with Crippen LogP contribution in [0.1, 0.15) is 18.1 Å². The molecule has 0 radical (unpaired) electrons. The van der Waals surface area contributed by atoms with E-state index in [0.29, 0.717) is 0 Å². The fourth-order valence-corrected chi connectivity index (χ4v) is 3.67. The highest BCUT2D eigenvalue weighted by Gasteiger charge is 2.07. The topological polar surface area (TPSA) is 3.88 Å². The van der Waals surface area contributed by atoms with E-state index in [-0.39, 0.29) is 0 Å². The van der Waals surface area contributed by atoms with Crippen LogP contribution in [0.25, 0.3) is 33.4 Å². The summed E-state index contributed by atoms with van der Waals surface area (Å²) in [6.45, 7) is 4.03. The van der Waals surface area contributed by atoms with Gasteiger partial charge in [-0.15, -0.1) is 5.92 Å². The predicted molar refractivity (Wildman–Crippen MR) is 121 cm³/mol. The Bertz CT molecular complexity index is 1240. The molecular formula is C28H24N+. The quantitative estimate of drug-likeness (QED) is 0.297. The number of aromatic nitrogens is 1. The zero-order chi connectivity index (χ0) is 20.2. The summed E-state index contributed by atoms with van der Waals surface area (Å²) in [5.74, 6) is 6.14. The maximum absolute atomic E-state index is 3.16. The van der Waals surface area contributed by atoms with Crippen molar-refractivity contribution in [2.45, 2.75) is 13.8 Å².